The molecule has 8 nitrogen and oxygen atoms in total. The molecule has 0 fully saturated rings. The number of aromatic nitrogens is 2. The van der Waals surface area contributed by atoms with E-state index < -0.39 is 18.0 Å². The first kappa shape index (κ1) is 19.2. The zero-order chi connectivity index (χ0) is 19.3. The molecule has 0 saturated heterocycles. The van der Waals surface area contributed by atoms with Crippen LogP contribution in [0.5, 0.6) is 5.75 Å². The van der Waals surface area contributed by atoms with Gasteiger partial charge in [0.1, 0.15) is 12.0 Å². The van der Waals surface area contributed by atoms with Gasteiger partial charge in [0, 0.05) is 12.6 Å². The molecule has 2 rings (SSSR count). The summed E-state index contributed by atoms with van der Waals surface area (Å²) in [6, 6.07) is 6.28. The molecule has 1 aromatic carbocycles. The van der Waals surface area contributed by atoms with Gasteiger partial charge in [0.25, 0.3) is 5.91 Å². The van der Waals surface area contributed by atoms with Crippen molar-refractivity contribution >= 4 is 23.9 Å². The first-order valence-corrected chi connectivity index (χ1v) is 8.00. The summed E-state index contributed by atoms with van der Waals surface area (Å²) in [5.41, 5.74) is 2.59. The van der Waals surface area contributed by atoms with Crippen LogP contribution in [0.2, 0.25) is 0 Å². The van der Waals surface area contributed by atoms with Crippen molar-refractivity contribution in [3.63, 3.8) is 0 Å². The van der Waals surface area contributed by atoms with Gasteiger partial charge in [0.05, 0.1) is 17.1 Å². The quantitative estimate of drug-likeness (QED) is 0.598. The maximum Gasteiger partial charge on any atom is 0.344 e. The van der Waals surface area contributed by atoms with E-state index in [0.29, 0.717) is 29.0 Å². The topological polar surface area (TPSA) is 99.5 Å². The molecule has 26 heavy (non-hydrogen) atoms. The number of nitrogens with zero attached hydrogens (tertiary/aromatic N) is 2. The van der Waals surface area contributed by atoms with Gasteiger partial charge in [-0.3, -0.25) is 14.3 Å². The van der Waals surface area contributed by atoms with Gasteiger partial charge in [-0.05, 0) is 45.0 Å². The number of aryl methyl sites for hydroxylation is 2. The van der Waals surface area contributed by atoms with Gasteiger partial charge < -0.3 is 14.8 Å². The summed E-state index contributed by atoms with van der Waals surface area (Å²) in [5, 5.41) is 6.93. The molecule has 1 atom stereocenters. The van der Waals surface area contributed by atoms with Crippen LogP contribution < -0.4 is 10.1 Å². The molecule has 1 N–H and O–H groups in total. The largest absolute Gasteiger partial charge is 0.482 e. The number of rotatable bonds is 7. The molecule has 0 aliphatic rings. The highest BCUT2D eigenvalue weighted by molar-refractivity contribution is 5.96. The van der Waals surface area contributed by atoms with Gasteiger partial charge in [0.15, 0.2) is 12.7 Å². The number of esters is 1. The smallest absolute Gasteiger partial charge is 0.344 e. The molecule has 0 bridgehead atoms. The van der Waals surface area contributed by atoms with Crippen LogP contribution in [0.4, 0.5) is 5.69 Å². The maximum atomic E-state index is 12.2. The van der Waals surface area contributed by atoms with E-state index in [9.17, 15) is 14.4 Å². The Labute approximate surface area is 151 Å². The van der Waals surface area contributed by atoms with E-state index in [0.717, 1.165) is 5.69 Å². The predicted molar refractivity (Wildman–Crippen MR) is 94.2 cm³/mol. The number of nitrogens with one attached hydrogen (secondary N) is 1. The number of carbonyl (C=O) groups is 3. The first-order valence-electron chi connectivity index (χ1n) is 8.00. The van der Waals surface area contributed by atoms with E-state index in [2.05, 4.69) is 10.4 Å². The zero-order valence-electron chi connectivity index (χ0n) is 15.1. The number of hydrogen-bond acceptors (Lipinski definition) is 6. The van der Waals surface area contributed by atoms with E-state index in [1.807, 2.05) is 6.92 Å². The Morgan fingerprint density at radius 3 is 2.46 bits per heavy atom. The first-order chi connectivity index (χ1) is 12.3. The number of aldehydes is 1. The lowest BCUT2D eigenvalue weighted by atomic mass is 10.2. The van der Waals surface area contributed by atoms with Crippen molar-refractivity contribution in [3.8, 4) is 5.75 Å². The number of hydrogen-bond donors (Lipinski definition) is 1. The van der Waals surface area contributed by atoms with Crippen LogP contribution in [0, 0.1) is 13.8 Å². The molecule has 0 saturated carbocycles. The average molecular weight is 359 g/mol. The highest BCUT2D eigenvalue weighted by atomic mass is 16.6. The summed E-state index contributed by atoms with van der Waals surface area (Å²) in [4.78, 5) is 34.6. The number of amides is 1. The number of ether oxygens (including phenoxy) is 2. The Balaban J connectivity index is 1.85. The summed E-state index contributed by atoms with van der Waals surface area (Å²) in [7, 11) is 1.78. The molecule has 0 spiro atoms. The fourth-order valence-electron chi connectivity index (χ4n) is 2.25. The second-order valence-corrected chi connectivity index (χ2v) is 5.77. The molecule has 138 valence electrons. The summed E-state index contributed by atoms with van der Waals surface area (Å²) >= 11 is 0. The van der Waals surface area contributed by atoms with Gasteiger partial charge in [-0.1, -0.05) is 0 Å². The minimum Gasteiger partial charge on any atom is -0.482 e. The molecule has 1 amide bonds. The van der Waals surface area contributed by atoms with Crippen molar-refractivity contribution in [1.82, 2.24) is 9.78 Å². The summed E-state index contributed by atoms with van der Waals surface area (Å²) in [6.07, 6.45) is -0.271. The van der Waals surface area contributed by atoms with Crippen LogP contribution in [0.3, 0.4) is 0 Å². The molecule has 0 aliphatic carbocycles. The molecular formula is C18H21N3O5. The zero-order valence-corrected chi connectivity index (χ0v) is 15.1. The van der Waals surface area contributed by atoms with Gasteiger partial charge in [0.2, 0.25) is 0 Å². The highest BCUT2D eigenvalue weighted by Crippen LogP contribution is 2.18. The molecule has 0 aliphatic heterocycles. The minimum absolute atomic E-state index is 0.344. The number of carbonyl (C=O) groups excluding carboxylic acids is 3. The standard InChI is InChI=1S/C18H21N3O5/c1-11-17(12(2)21(4)20-11)19-18(24)13(3)26-16(23)10-25-15-7-5-14(9-22)6-8-15/h5-9,13H,10H2,1-4H3,(H,19,24)/t13-/m0/s1. The third-order valence-corrected chi connectivity index (χ3v) is 3.81. The number of anilines is 1. The monoisotopic (exact) mass is 359 g/mol. The van der Waals surface area contributed by atoms with E-state index in [1.165, 1.54) is 6.92 Å². The van der Waals surface area contributed by atoms with E-state index in [4.69, 9.17) is 9.47 Å². The van der Waals surface area contributed by atoms with E-state index >= 15 is 0 Å². The SMILES string of the molecule is Cc1nn(C)c(C)c1NC(=O)[C@H](C)OC(=O)COc1ccc(C=O)cc1. The van der Waals surface area contributed by atoms with Crippen LogP contribution in [0.1, 0.15) is 28.7 Å². The Morgan fingerprint density at radius 2 is 1.92 bits per heavy atom. The van der Waals surface area contributed by atoms with Crippen molar-refractivity contribution in [3.05, 3.63) is 41.2 Å². The fourth-order valence-corrected chi connectivity index (χ4v) is 2.25. The lowest BCUT2D eigenvalue weighted by Gasteiger charge is -2.14. The lowest BCUT2D eigenvalue weighted by Crippen LogP contribution is -2.32. The Hall–Kier alpha value is -3.16. The van der Waals surface area contributed by atoms with Crippen molar-refractivity contribution in [1.29, 1.82) is 0 Å². The maximum absolute atomic E-state index is 12.2. The summed E-state index contributed by atoms with van der Waals surface area (Å²) in [5.74, 6) is -0.703. The summed E-state index contributed by atoms with van der Waals surface area (Å²) < 4.78 is 12.0. The van der Waals surface area contributed by atoms with Crippen LogP contribution in [0.15, 0.2) is 24.3 Å². The molecule has 2 aromatic rings. The normalized spacial score (nSPS) is 11.5. The number of benzene rings is 1. The lowest BCUT2D eigenvalue weighted by molar-refractivity contribution is -0.155. The van der Waals surface area contributed by atoms with Gasteiger partial charge >= 0.3 is 5.97 Å². The molecule has 0 radical (unpaired) electrons. The minimum atomic E-state index is -0.984. The summed E-state index contributed by atoms with van der Waals surface area (Å²) in [6.45, 7) is 4.75. The highest BCUT2D eigenvalue weighted by Gasteiger charge is 2.21. The fraction of sp³-hybridized carbons (Fsp3) is 0.333. The Bertz CT molecular complexity index is 811. The van der Waals surface area contributed by atoms with Crippen LogP contribution in [0.25, 0.3) is 0 Å². The van der Waals surface area contributed by atoms with Crippen molar-refractivity contribution in [2.75, 3.05) is 11.9 Å². The molecule has 0 unspecified atom stereocenters. The third-order valence-electron chi connectivity index (χ3n) is 3.81. The molecule has 1 heterocycles. The van der Waals surface area contributed by atoms with Gasteiger partial charge in [-0.15, -0.1) is 0 Å². The Kier molecular flexibility index (Phi) is 6.11. The van der Waals surface area contributed by atoms with Gasteiger partial charge in [-0.2, -0.15) is 5.10 Å². The van der Waals surface area contributed by atoms with Crippen molar-refractivity contribution in [2.24, 2.45) is 7.05 Å². The second kappa shape index (κ2) is 8.28. The van der Waals surface area contributed by atoms with Crippen LogP contribution in [-0.4, -0.2) is 40.7 Å². The van der Waals surface area contributed by atoms with E-state index in [1.54, 1.807) is 42.9 Å². The third kappa shape index (κ3) is 4.69. The van der Waals surface area contributed by atoms with Crippen LogP contribution in [-0.2, 0) is 21.4 Å². The Morgan fingerprint density at radius 1 is 1.27 bits per heavy atom. The average Bonchev–Trinajstić information content (AvgIpc) is 2.86. The predicted octanol–water partition coefficient (Wildman–Crippen LogP) is 1.80. The molecule has 8 heteroatoms. The van der Waals surface area contributed by atoms with E-state index in [-0.39, 0.29) is 6.61 Å². The molecular weight excluding hydrogens is 338 g/mol. The molecule has 1 aromatic heterocycles. The van der Waals surface area contributed by atoms with Crippen LogP contribution >= 0.6 is 0 Å². The van der Waals surface area contributed by atoms with Crippen molar-refractivity contribution in [2.45, 2.75) is 26.9 Å². The van der Waals surface area contributed by atoms with Gasteiger partial charge in [-0.25, -0.2) is 4.79 Å². The second-order valence-electron chi connectivity index (χ2n) is 5.77. The van der Waals surface area contributed by atoms with Crippen molar-refractivity contribution < 1.29 is 23.9 Å².